The molecule has 1 aliphatic heterocycles. The van der Waals surface area contributed by atoms with Crippen LogP contribution in [0.5, 0.6) is 11.5 Å². The first-order chi connectivity index (χ1) is 16.0. The number of aromatic nitrogens is 3. The Morgan fingerprint density at radius 3 is 2.55 bits per heavy atom. The summed E-state index contributed by atoms with van der Waals surface area (Å²) < 4.78 is 12.8. The number of aryl methyl sites for hydroxylation is 2. The molecule has 1 aliphatic rings. The number of methoxy groups -OCH3 is 2. The van der Waals surface area contributed by atoms with Crippen molar-refractivity contribution in [3.8, 4) is 16.6 Å². The van der Waals surface area contributed by atoms with Crippen LogP contribution in [0.3, 0.4) is 0 Å². The molecule has 1 atom stereocenters. The molecule has 9 heteroatoms. The Morgan fingerprint density at radius 1 is 1.09 bits per heavy atom. The van der Waals surface area contributed by atoms with Crippen molar-refractivity contribution in [3.05, 3.63) is 47.3 Å². The minimum atomic E-state index is -0.0495. The van der Waals surface area contributed by atoms with Gasteiger partial charge in [-0.3, -0.25) is 9.36 Å². The van der Waals surface area contributed by atoms with Crippen LogP contribution >= 0.6 is 11.3 Å². The van der Waals surface area contributed by atoms with E-state index < -0.39 is 0 Å². The molecule has 0 spiro atoms. The quantitative estimate of drug-likeness (QED) is 0.544. The number of carbonyl (C=O) groups is 1. The number of benzene rings is 1. The predicted molar refractivity (Wildman–Crippen MR) is 130 cm³/mol. The second-order valence-electron chi connectivity index (χ2n) is 8.33. The van der Waals surface area contributed by atoms with E-state index in [1.807, 2.05) is 18.2 Å². The molecule has 3 heterocycles. The second kappa shape index (κ2) is 10.2. The maximum atomic E-state index is 12.9. The molecule has 1 amide bonds. The molecule has 4 rings (SSSR count). The van der Waals surface area contributed by atoms with Crippen molar-refractivity contribution in [2.75, 3.05) is 38.8 Å². The Kier molecular flexibility index (Phi) is 7.17. The average Bonchev–Trinajstić information content (AvgIpc) is 3.45. The lowest BCUT2D eigenvalue weighted by molar-refractivity contribution is -0.125. The van der Waals surface area contributed by atoms with Gasteiger partial charge in [0.2, 0.25) is 16.2 Å². The lowest BCUT2D eigenvalue weighted by Gasteiger charge is -2.31. The molecule has 1 saturated heterocycles. The molecule has 8 nitrogen and oxygen atoms in total. The van der Waals surface area contributed by atoms with E-state index in [-0.39, 0.29) is 11.8 Å². The fourth-order valence-corrected chi connectivity index (χ4v) is 5.27. The van der Waals surface area contributed by atoms with Gasteiger partial charge in [-0.05, 0) is 62.9 Å². The zero-order chi connectivity index (χ0) is 23.4. The van der Waals surface area contributed by atoms with Gasteiger partial charge in [-0.25, -0.2) is 0 Å². The van der Waals surface area contributed by atoms with E-state index in [0.29, 0.717) is 24.6 Å². The number of rotatable bonds is 8. The predicted octanol–water partition coefficient (Wildman–Crippen LogP) is 3.54. The van der Waals surface area contributed by atoms with Gasteiger partial charge in [0.1, 0.15) is 0 Å². The third-order valence-electron chi connectivity index (χ3n) is 6.09. The number of carbonyl (C=O) groups excluding carboxylic acids is 1. The minimum Gasteiger partial charge on any atom is -0.493 e. The van der Waals surface area contributed by atoms with E-state index in [1.54, 1.807) is 25.6 Å². The topological polar surface area (TPSA) is 81.5 Å². The van der Waals surface area contributed by atoms with Crippen LogP contribution < -0.4 is 19.7 Å². The van der Waals surface area contributed by atoms with E-state index in [9.17, 15) is 4.79 Å². The Bertz CT molecular complexity index is 1090. The summed E-state index contributed by atoms with van der Waals surface area (Å²) in [7, 11) is 3.25. The molecule has 0 radical (unpaired) electrons. The molecule has 0 aliphatic carbocycles. The monoisotopic (exact) mass is 469 g/mol. The van der Waals surface area contributed by atoms with Crippen molar-refractivity contribution in [2.24, 2.45) is 5.92 Å². The second-order valence-corrected chi connectivity index (χ2v) is 9.27. The number of hydrogen-bond donors (Lipinski definition) is 1. The van der Waals surface area contributed by atoms with Crippen LogP contribution in [0.15, 0.2) is 30.3 Å². The van der Waals surface area contributed by atoms with E-state index in [4.69, 9.17) is 9.47 Å². The van der Waals surface area contributed by atoms with Crippen molar-refractivity contribution < 1.29 is 14.3 Å². The molecule has 2 aromatic heterocycles. The first-order valence-corrected chi connectivity index (χ1v) is 12.0. The van der Waals surface area contributed by atoms with Gasteiger partial charge < -0.3 is 19.7 Å². The van der Waals surface area contributed by atoms with Crippen LogP contribution in [0.25, 0.3) is 5.13 Å². The van der Waals surface area contributed by atoms with E-state index in [0.717, 1.165) is 53.0 Å². The lowest BCUT2D eigenvalue weighted by Crippen LogP contribution is -2.43. The van der Waals surface area contributed by atoms with Crippen LogP contribution in [-0.4, -0.2) is 54.5 Å². The fourth-order valence-electron chi connectivity index (χ4n) is 4.27. The summed E-state index contributed by atoms with van der Waals surface area (Å²) in [6, 6.07) is 10.0. The summed E-state index contributed by atoms with van der Waals surface area (Å²) in [5.41, 5.74) is 3.37. The Morgan fingerprint density at radius 2 is 1.82 bits per heavy atom. The first kappa shape index (κ1) is 23.1. The fraction of sp³-hybridized carbons (Fsp3) is 0.458. The Balaban J connectivity index is 1.33. The third-order valence-corrected chi connectivity index (χ3v) is 7.06. The standard InChI is InChI=1S/C24H31N5O3S/c1-16-7-8-17(2)29(16)24-27-26-23(33-24)28-13-5-6-19(15-28)22(30)25-12-11-18-9-10-20(31-3)21(14-18)32-4/h7-10,14,19H,5-6,11-13,15H2,1-4H3,(H,25,30)/t19-/m0/s1. The van der Waals surface area contributed by atoms with E-state index >= 15 is 0 Å². The van der Waals surface area contributed by atoms with Gasteiger partial charge in [0.05, 0.1) is 20.1 Å². The summed E-state index contributed by atoms with van der Waals surface area (Å²) >= 11 is 1.57. The maximum Gasteiger partial charge on any atom is 0.224 e. The van der Waals surface area contributed by atoms with E-state index in [2.05, 4.69) is 51.0 Å². The van der Waals surface area contributed by atoms with Crippen LogP contribution in [0.4, 0.5) is 5.13 Å². The van der Waals surface area contributed by atoms with Crippen molar-refractivity contribution in [1.82, 2.24) is 20.1 Å². The summed E-state index contributed by atoms with van der Waals surface area (Å²) in [4.78, 5) is 15.0. The summed E-state index contributed by atoms with van der Waals surface area (Å²) in [5, 5.41) is 13.7. The largest absolute Gasteiger partial charge is 0.493 e. The zero-order valence-corrected chi connectivity index (χ0v) is 20.4. The lowest BCUT2D eigenvalue weighted by atomic mass is 9.97. The smallest absolute Gasteiger partial charge is 0.224 e. The van der Waals surface area contributed by atoms with Crippen molar-refractivity contribution in [3.63, 3.8) is 0 Å². The van der Waals surface area contributed by atoms with Gasteiger partial charge in [-0.2, -0.15) is 0 Å². The van der Waals surface area contributed by atoms with Crippen LogP contribution in [0.2, 0.25) is 0 Å². The molecule has 33 heavy (non-hydrogen) atoms. The number of hydrogen-bond acceptors (Lipinski definition) is 7. The number of piperidine rings is 1. The van der Waals surface area contributed by atoms with Gasteiger partial charge in [0.25, 0.3) is 0 Å². The highest BCUT2D eigenvalue weighted by Gasteiger charge is 2.27. The van der Waals surface area contributed by atoms with Gasteiger partial charge in [-0.15, -0.1) is 10.2 Å². The SMILES string of the molecule is COc1ccc(CCNC(=O)[C@H]2CCCN(c3nnc(-n4c(C)ccc4C)s3)C2)cc1OC. The molecular formula is C24H31N5O3S. The third kappa shape index (κ3) is 5.13. The highest BCUT2D eigenvalue weighted by Crippen LogP contribution is 2.30. The van der Waals surface area contributed by atoms with Gasteiger partial charge >= 0.3 is 0 Å². The Labute approximate surface area is 198 Å². The summed E-state index contributed by atoms with van der Waals surface area (Å²) in [6.07, 6.45) is 2.59. The van der Waals surface area contributed by atoms with Gasteiger partial charge in [0, 0.05) is 31.0 Å². The van der Waals surface area contributed by atoms with Crippen molar-refractivity contribution in [1.29, 1.82) is 0 Å². The highest BCUT2D eigenvalue weighted by atomic mass is 32.1. The number of anilines is 1. The van der Waals surface area contributed by atoms with Crippen LogP contribution in [-0.2, 0) is 11.2 Å². The minimum absolute atomic E-state index is 0.0495. The molecule has 0 saturated carbocycles. The zero-order valence-electron chi connectivity index (χ0n) is 19.6. The highest BCUT2D eigenvalue weighted by molar-refractivity contribution is 7.17. The number of nitrogens with zero attached hydrogens (tertiary/aromatic N) is 4. The van der Waals surface area contributed by atoms with Gasteiger partial charge in [0.15, 0.2) is 11.5 Å². The summed E-state index contributed by atoms with van der Waals surface area (Å²) in [6.45, 7) is 6.28. The molecule has 3 aromatic rings. The van der Waals surface area contributed by atoms with Crippen molar-refractivity contribution >= 4 is 22.4 Å². The Hall–Kier alpha value is -3.07. The van der Waals surface area contributed by atoms with Crippen molar-refractivity contribution in [2.45, 2.75) is 33.1 Å². The molecule has 0 unspecified atom stereocenters. The summed E-state index contributed by atoms with van der Waals surface area (Å²) in [5.74, 6) is 1.45. The molecule has 1 fully saturated rings. The molecule has 1 N–H and O–H groups in total. The number of nitrogens with one attached hydrogen (secondary N) is 1. The normalized spacial score (nSPS) is 16.0. The van der Waals surface area contributed by atoms with Gasteiger partial charge in [-0.1, -0.05) is 17.4 Å². The molecular weight excluding hydrogens is 438 g/mol. The number of ether oxygens (including phenoxy) is 2. The average molecular weight is 470 g/mol. The molecule has 1 aromatic carbocycles. The molecule has 176 valence electrons. The first-order valence-electron chi connectivity index (χ1n) is 11.2. The molecule has 0 bridgehead atoms. The van der Waals surface area contributed by atoms with Crippen LogP contribution in [0.1, 0.15) is 29.8 Å². The number of amides is 1. The van der Waals surface area contributed by atoms with E-state index in [1.165, 1.54) is 0 Å². The van der Waals surface area contributed by atoms with Crippen LogP contribution in [0, 0.1) is 19.8 Å². The maximum absolute atomic E-state index is 12.9.